The molecule has 1 aromatic carbocycles. The SMILES string of the molecule is COC(=O)CNC1CCCCC1c1ccccc1. The fourth-order valence-electron chi connectivity index (χ4n) is 2.76. The van der Waals surface area contributed by atoms with E-state index in [1.165, 1.54) is 31.9 Å². The lowest BCUT2D eigenvalue weighted by Gasteiger charge is -2.32. The van der Waals surface area contributed by atoms with Gasteiger partial charge in [-0.1, -0.05) is 43.2 Å². The fourth-order valence-corrected chi connectivity index (χ4v) is 2.76. The van der Waals surface area contributed by atoms with Crippen molar-refractivity contribution in [1.29, 1.82) is 0 Å². The first kappa shape index (κ1) is 13.1. The van der Waals surface area contributed by atoms with Gasteiger partial charge in [0.05, 0.1) is 13.7 Å². The van der Waals surface area contributed by atoms with Gasteiger partial charge in [0.1, 0.15) is 0 Å². The Morgan fingerprint density at radius 3 is 2.72 bits per heavy atom. The third kappa shape index (κ3) is 3.33. The lowest BCUT2D eigenvalue weighted by molar-refractivity contribution is -0.139. The van der Waals surface area contributed by atoms with Crippen molar-refractivity contribution >= 4 is 5.97 Å². The molecule has 0 aromatic heterocycles. The molecular formula is C15H21NO2. The highest BCUT2D eigenvalue weighted by molar-refractivity contribution is 5.71. The summed E-state index contributed by atoms with van der Waals surface area (Å²) in [4.78, 5) is 11.2. The molecule has 1 fully saturated rings. The van der Waals surface area contributed by atoms with Crippen molar-refractivity contribution in [2.45, 2.75) is 37.6 Å². The zero-order chi connectivity index (χ0) is 12.8. The van der Waals surface area contributed by atoms with E-state index < -0.39 is 0 Å². The van der Waals surface area contributed by atoms with E-state index in [1.54, 1.807) is 0 Å². The van der Waals surface area contributed by atoms with Crippen molar-refractivity contribution in [2.75, 3.05) is 13.7 Å². The number of ether oxygens (including phenoxy) is 1. The lowest BCUT2D eigenvalue weighted by atomic mass is 9.80. The fraction of sp³-hybridized carbons (Fsp3) is 0.533. The number of esters is 1. The number of carbonyl (C=O) groups excluding carboxylic acids is 1. The zero-order valence-electron chi connectivity index (χ0n) is 10.9. The molecule has 3 heteroatoms. The molecule has 3 nitrogen and oxygen atoms in total. The zero-order valence-corrected chi connectivity index (χ0v) is 10.9. The molecule has 1 aliphatic carbocycles. The van der Waals surface area contributed by atoms with Gasteiger partial charge < -0.3 is 10.1 Å². The van der Waals surface area contributed by atoms with Crippen LogP contribution in [0.2, 0.25) is 0 Å². The lowest BCUT2D eigenvalue weighted by Crippen LogP contribution is -2.40. The van der Waals surface area contributed by atoms with E-state index in [2.05, 4.69) is 34.3 Å². The molecule has 0 saturated heterocycles. The molecule has 0 bridgehead atoms. The molecule has 98 valence electrons. The molecule has 0 aliphatic heterocycles. The second-order valence-corrected chi connectivity index (χ2v) is 4.87. The highest BCUT2D eigenvalue weighted by atomic mass is 16.5. The molecule has 2 atom stereocenters. The van der Waals surface area contributed by atoms with Crippen molar-refractivity contribution in [2.24, 2.45) is 0 Å². The monoisotopic (exact) mass is 247 g/mol. The van der Waals surface area contributed by atoms with Gasteiger partial charge in [0.2, 0.25) is 0 Å². The molecule has 1 N–H and O–H groups in total. The van der Waals surface area contributed by atoms with Gasteiger partial charge in [0, 0.05) is 6.04 Å². The van der Waals surface area contributed by atoms with Crippen LogP contribution in [0.4, 0.5) is 0 Å². The van der Waals surface area contributed by atoms with Gasteiger partial charge in [0.25, 0.3) is 0 Å². The van der Waals surface area contributed by atoms with Crippen molar-refractivity contribution < 1.29 is 9.53 Å². The first-order valence-electron chi connectivity index (χ1n) is 6.66. The van der Waals surface area contributed by atoms with Crippen molar-refractivity contribution in [1.82, 2.24) is 5.32 Å². The van der Waals surface area contributed by atoms with E-state index in [0.717, 1.165) is 6.42 Å². The molecule has 1 saturated carbocycles. The van der Waals surface area contributed by atoms with Gasteiger partial charge in [-0.25, -0.2) is 0 Å². The predicted molar refractivity (Wildman–Crippen MR) is 71.5 cm³/mol. The molecule has 0 spiro atoms. The minimum atomic E-state index is -0.188. The normalized spacial score (nSPS) is 23.6. The number of hydrogen-bond donors (Lipinski definition) is 1. The summed E-state index contributed by atoms with van der Waals surface area (Å²) in [6.45, 7) is 0.310. The standard InChI is InChI=1S/C15H21NO2/c1-18-15(17)11-16-14-10-6-5-9-13(14)12-7-3-2-4-8-12/h2-4,7-8,13-14,16H,5-6,9-11H2,1H3. The first-order valence-corrected chi connectivity index (χ1v) is 6.66. The Bertz CT molecular complexity index is 377. The number of methoxy groups -OCH3 is 1. The molecular weight excluding hydrogens is 226 g/mol. The van der Waals surface area contributed by atoms with Gasteiger partial charge in [0.15, 0.2) is 0 Å². The summed E-state index contributed by atoms with van der Waals surface area (Å²) >= 11 is 0. The van der Waals surface area contributed by atoms with Crippen LogP contribution in [0, 0.1) is 0 Å². The van der Waals surface area contributed by atoms with Crippen molar-refractivity contribution in [3.63, 3.8) is 0 Å². The number of nitrogens with one attached hydrogen (secondary N) is 1. The van der Waals surface area contributed by atoms with E-state index in [9.17, 15) is 4.79 Å². The Morgan fingerprint density at radius 1 is 1.28 bits per heavy atom. The summed E-state index contributed by atoms with van der Waals surface area (Å²) in [7, 11) is 1.43. The molecule has 1 aromatic rings. The van der Waals surface area contributed by atoms with Gasteiger partial charge >= 0.3 is 5.97 Å². The van der Waals surface area contributed by atoms with Crippen LogP contribution in [-0.4, -0.2) is 25.7 Å². The second-order valence-electron chi connectivity index (χ2n) is 4.87. The quantitative estimate of drug-likeness (QED) is 0.831. The number of benzene rings is 1. The van der Waals surface area contributed by atoms with Crippen molar-refractivity contribution in [3.8, 4) is 0 Å². The van der Waals surface area contributed by atoms with Crippen LogP contribution in [0.15, 0.2) is 30.3 Å². The number of carbonyl (C=O) groups is 1. The van der Waals surface area contributed by atoms with Crippen LogP contribution in [0.3, 0.4) is 0 Å². The highest BCUT2D eigenvalue weighted by Crippen LogP contribution is 2.32. The Kier molecular flexibility index (Phi) is 4.76. The van der Waals surface area contributed by atoms with E-state index in [4.69, 9.17) is 0 Å². The summed E-state index contributed by atoms with van der Waals surface area (Å²) in [6.07, 6.45) is 4.84. The van der Waals surface area contributed by atoms with E-state index >= 15 is 0 Å². The van der Waals surface area contributed by atoms with Gasteiger partial charge in [-0.2, -0.15) is 0 Å². The molecule has 2 rings (SSSR count). The van der Waals surface area contributed by atoms with Crippen LogP contribution in [-0.2, 0) is 9.53 Å². The maximum atomic E-state index is 11.2. The molecule has 18 heavy (non-hydrogen) atoms. The minimum absolute atomic E-state index is 0.188. The average molecular weight is 247 g/mol. The summed E-state index contributed by atoms with van der Waals surface area (Å²) in [5.41, 5.74) is 1.37. The van der Waals surface area contributed by atoms with Crippen LogP contribution >= 0.6 is 0 Å². The van der Waals surface area contributed by atoms with E-state index in [1.807, 2.05) is 6.07 Å². The third-order valence-electron chi connectivity index (χ3n) is 3.73. The summed E-state index contributed by atoms with van der Waals surface area (Å²) in [5, 5.41) is 3.35. The summed E-state index contributed by atoms with van der Waals surface area (Å²) in [6, 6.07) is 11.0. The van der Waals surface area contributed by atoms with Crippen LogP contribution in [0.5, 0.6) is 0 Å². The third-order valence-corrected chi connectivity index (χ3v) is 3.73. The Labute approximate surface area is 109 Å². The van der Waals surface area contributed by atoms with E-state index in [-0.39, 0.29) is 5.97 Å². The Morgan fingerprint density at radius 2 is 2.00 bits per heavy atom. The highest BCUT2D eigenvalue weighted by Gasteiger charge is 2.26. The van der Waals surface area contributed by atoms with Gasteiger partial charge in [-0.15, -0.1) is 0 Å². The number of rotatable bonds is 4. The molecule has 0 amide bonds. The second kappa shape index (κ2) is 6.55. The maximum absolute atomic E-state index is 11.2. The van der Waals surface area contributed by atoms with E-state index in [0.29, 0.717) is 18.5 Å². The molecule has 2 unspecified atom stereocenters. The number of hydrogen-bond acceptors (Lipinski definition) is 3. The average Bonchev–Trinajstić information content (AvgIpc) is 2.46. The Balaban J connectivity index is 2.00. The topological polar surface area (TPSA) is 38.3 Å². The largest absolute Gasteiger partial charge is 0.468 e. The molecule has 0 radical (unpaired) electrons. The molecule has 0 heterocycles. The van der Waals surface area contributed by atoms with Gasteiger partial charge in [-0.05, 0) is 24.3 Å². The van der Waals surface area contributed by atoms with Crippen LogP contribution in [0.1, 0.15) is 37.2 Å². The molecule has 1 aliphatic rings. The summed E-state index contributed by atoms with van der Waals surface area (Å²) < 4.78 is 4.68. The van der Waals surface area contributed by atoms with Crippen LogP contribution in [0.25, 0.3) is 0 Å². The smallest absolute Gasteiger partial charge is 0.319 e. The maximum Gasteiger partial charge on any atom is 0.319 e. The van der Waals surface area contributed by atoms with Crippen molar-refractivity contribution in [3.05, 3.63) is 35.9 Å². The van der Waals surface area contributed by atoms with Crippen LogP contribution < -0.4 is 5.32 Å². The predicted octanol–water partition coefficient (Wildman–Crippen LogP) is 2.48. The first-order chi connectivity index (χ1) is 8.81. The Hall–Kier alpha value is -1.35. The van der Waals surface area contributed by atoms with Gasteiger partial charge in [-0.3, -0.25) is 4.79 Å². The minimum Gasteiger partial charge on any atom is -0.468 e. The summed E-state index contributed by atoms with van der Waals surface area (Å²) in [5.74, 6) is 0.331.